The zero-order valence-electron chi connectivity index (χ0n) is 14.3. The predicted molar refractivity (Wildman–Crippen MR) is 96.5 cm³/mol. The molecule has 2 aromatic carbocycles. The summed E-state index contributed by atoms with van der Waals surface area (Å²) in [5, 5.41) is 0.602. The average Bonchev–Trinajstić information content (AvgIpc) is 2.57. The minimum atomic E-state index is -1.27. The van der Waals surface area contributed by atoms with Gasteiger partial charge in [0.25, 0.3) is 5.79 Å². The molecule has 0 N–H and O–H groups in total. The second-order valence-electron chi connectivity index (χ2n) is 6.15. The third-order valence-corrected chi connectivity index (χ3v) is 4.05. The largest absolute Gasteiger partial charge is 0.488 e. The molecular formula is C20H17ClO5. The van der Waals surface area contributed by atoms with Crippen molar-refractivity contribution < 1.29 is 23.8 Å². The molecule has 134 valence electrons. The maximum absolute atomic E-state index is 12.1. The summed E-state index contributed by atoms with van der Waals surface area (Å²) in [5.74, 6) is -2.23. The lowest BCUT2D eigenvalue weighted by atomic mass is 10.1. The Morgan fingerprint density at radius 3 is 2.31 bits per heavy atom. The van der Waals surface area contributed by atoms with Crippen molar-refractivity contribution in [1.82, 2.24) is 0 Å². The Labute approximate surface area is 156 Å². The van der Waals surface area contributed by atoms with Crippen LogP contribution in [0.1, 0.15) is 25.0 Å². The Morgan fingerprint density at radius 1 is 1.00 bits per heavy atom. The van der Waals surface area contributed by atoms with Gasteiger partial charge in [-0.15, -0.1) is 0 Å². The summed E-state index contributed by atoms with van der Waals surface area (Å²) < 4.78 is 16.0. The smallest absolute Gasteiger partial charge is 0.348 e. The standard InChI is InChI=1S/C20H17ClO5/c1-20(2)25-18(22)15(19(23)26-20)11-13-7-4-6-10-17(13)24-12-14-8-3-5-9-16(14)21/h3-11H,12H2,1-2H3. The topological polar surface area (TPSA) is 61.8 Å². The van der Waals surface area contributed by atoms with E-state index in [1.54, 1.807) is 30.3 Å². The molecule has 0 unspecified atom stereocenters. The Hall–Kier alpha value is -2.79. The van der Waals surface area contributed by atoms with Crippen molar-refractivity contribution in [2.75, 3.05) is 0 Å². The van der Waals surface area contributed by atoms with Crippen LogP contribution >= 0.6 is 11.6 Å². The first kappa shape index (κ1) is 18.0. The van der Waals surface area contributed by atoms with Gasteiger partial charge in [-0.25, -0.2) is 9.59 Å². The molecule has 3 rings (SSSR count). The molecule has 2 aromatic rings. The fourth-order valence-electron chi connectivity index (χ4n) is 2.44. The predicted octanol–water partition coefficient (Wildman–Crippen LogP) is 4.14. The zero-order chi connectivity index (χ0) is 18.7. The Morgan fingerprint density at radius 2 is 1.62 bits per heavy atom. The number of esters is 2. The van der Waals surface area contributed by atoms with Gasteiger partial charge in [-0.1, -0.05) is 48.0 Å². The molecular weight excluding hydrogens is 356 g/mol. The van der Waals surface area contributed by atoms with Crippen LogP contribution < -0.4 is 4.74 Å². The van der Waals surface area contributed by atoms with Crippen LogP contribution in [0.25, 0.3) is 6.08 Å². The molecule has 1 saturated heterocycles. The molecule has 1 aliphatic rings. The second kappa shape index (κ2) is 7.22. The first-order valence-electron chi connectivity index (χ1n) is 7.99. The first-order chi connectivity index (χ1) is 12.4. The highest BCUT2D eigenvalue weighted by Crippen LogP contribution is 2.28. The number of hydrogen-bond donors (Lipinski definition) is 0. The van der Waals surface area contributed by atoms with E-state index in [1.165, 1.54) is 19.9 Å². The maximum atomic E-state index is 12.1. The van der Waals surface area contributed by atoms with Crippen LogP contribution in [0, 0.1) is 0 Å². The van der Waals surface area contributed by atoms with Gasteiger partial charge in [-0.3, -0.25) is 0 Å². The number of hydrogen-bond acceptors (Lipinski definition) is 5. The summed E-state index contributed by atoms with van der Waals surface area (Å²) in [6.07, 6.45) is 1.40. The Kier molecular flexibility index (Phi) is 5.00. The van der Waals surface area contributed by atoms with E-state index < -0.39 is 17.7 Å². The summed E-state index contributed by atoms with van der Waals surface area (Å²) in [5.41, 5.74) is 1.20. The summed E-state index contributed by atoms with van der Waals surface area (Å²) in [6.45, 7) is 3.25. The maximum Gasteiger partial charge on any atom is 0.348 e. The third-order valence-electron chi connectivity index (χ3n) is 3.68. The number of para-hydroxylation sites is 1. The lowest BCUT2D eigenvalue weighted by Gasteiger charge is -2.29. The molecule has 0 amide bonds. The van der Waals surface area contributed by atoms with Gasteiger partial charge in [0.1, 0.15) is 17.9 Å². The molecule has 1 heterocycles. The highest BCUT2D eigenvalue weighted by atomic mass is 35.5. The number of halogens is 1. The monoisotopic (exact) mass is 372 g/mol. The molecule has 0 atom stereocenters. The quantitative estimate of drug-likeness (QED) is 0.458. The highest BCUT2D eigenvalue weighted by molar-refractivity contribution is 6.31. The molecule has 0 radical (unpaired) electrons. The summed E-state index contributed by atoms with van der Waals surface area (Å²) >= 11 is 6.14. The Balaban J connectivity index is 1.84. The van der Waals surface area contributed by atoms with Gasteiger partial charge >= 0.3 is 11.9 Å². The minimum absolute atomic E-state index is 0.182. The molecule has 0 spiro atoms. The van der Waals surface area contributed by atoms with Crippen LogP contribution in [0.3, 0.4) is 0 Å². The first-order valence-corrected chi connectivity index (χ1v) is 8.37. The van der Waals surface area contributed by atoms with Crippen molar-refractivity contribution in [3.8, 4) is 5.75 Å². The van der Waals surface area contributed by atoms with E-state index in [4.69, 9.17) is 25.8 Å². The van der Waals surface area contributed by atoms with E-state index in [9.17, 15) is 9.59 Å². The van der Waals surface area contributed by atoms with Crippen molar-refractivity contribution in [2.24, 2.45) is 0 Å². The van der Waals surface area contributed by atoms with E-state index in [2.05, 4.69) is 0 Å². The van der Waals surface area contributed by atoms with Gasteiger partial charge in [0.15, 0.2) is 0 Å². The van der Waals surface area contributed by atoms with Crippen molar-refractivity contribution in [3.05, 3.63) is 70.3 Å². The molecule has 0 bridgehead atoms. The number of ether oxygens (including phenoxy) is 3. The third kappa shape index (κ3) is 4.06. The summed E-state index contributed by atoms with van der Waals surface area (Å²) in [6, 6.07) is 14.4. The van der Waals surface area contributed by atoms with Crippen molar-refractivity contribution >= 4 is 29.6 Å². The molecule has 5 nitrogen and oxygen atoms in total. The van der Waals surface area contributed by atoms with Gasteiger partial charge in [0.2, 0.25) is 0 Å². The van der Waals surface area contributed by atoms with Crippen molar-refractivity contribution in [3.63, 3.8) is 0 Å². The fourth-order valence-corrected chi connectivity index (χ4v) is 2.63. The van der Waals surface area contributed by atoms with E-state index in [0.717, 1.165) is 5.56 Å². The van der Waals surface area contributed by atoms with E-state index in [-0.39, 0.29) is 12.2 Å². The van der Waals surface area contributed by atoms with E-state index >= 15 is 0 Å². The lowest BCUT2D eigenvalue weighted by Crippen LogP contribution is -2.41. The van der Waals surface area contributed by atoms with Crippen LogP contribution in [0.4, 0.5) is 0 Å². The van der Waals surface area contributed by atoms with Crippen molar-refractivity contribution in [1.29, 1.82) is 0 Å². The molecule has 0 aromatic heterocycles. The number of carbonyl (C=O) groups is 2. The van der Waals surface area contributed by atoms with Crippen molar-refractivity contribution in [2.45, 2.75) is 26.2 Å². The van der Waals surface area contributed by atoms with Crippen LogP contribution in [0.15, 0.2) is 54.1 Å². The van der Waals surface area contributed by atoms with Crippen LogP contribution in [0.5, 0.6) is 5.75 Å². The molecule has 0 aliphatic carbocycles. The van der Waals surface area contributed by atoms with Gasteiger partial charge in [-0.2, -0.15) is 0 Å². The normalized spacial score (nSPS) is 15.9. The van der Waals surface area contributed by atoms with Crippen LogP contribution in [-0.2, 0) is 25.7 Å². The Bertz CT molecular complexity index is 863. The van der Waals surface area contributed by atoms with Gasteiger partial charge in [0, 0.05) is 30.0 Å². The second-order valence-corrected chi connectivity index (χ2v) is 6.56. The van der Waals surface area contributed by atoms with Gasteiger partial charge in [0.05, 0.1) is 0 Å². The highest BCUT2D eigenvalue weighted by Gasteiger charge is 2.38. The number of benzene rings is 2. The molecule has 0 saturated carbocycles. The molecule has 6 heteroatoms. The lowest BCUT2D eigenvalue weighted by molar-refractivity contribution is -0.222. The zero-order valence-corrected chi connectivity index (χ0v) is 15.1. The summed E-state index contributed by atoms with van der Waals surface area (Å²) in [4.78, 5) is 24.2. The molecule has 1 fully saturated rings. The molecule has 26 heavy (non-hydrogen) atoms. The van der Waals surface area contributed by atoms with E-state index in [1.807, 2.05) is 18.2 Å². The minimum Gasteiger partial charge on any atom is -0.488 e. The van der Waals surface area contributed by atoms with Crippen LogP contribution in [-0.4, -0.2) is 17.7 Å². The average molecular weight is 373 g/mol. The SMILES string of the molecule is CC1(C)OC(=O)C(=Cc2ccccc2OCc2ccccc2Cl)C(=O)O1. The van der Waals surface area contributed by atoms with Gasteiger partial charge < -0.3 is 14.2 Å². The van der Waals surface area contributed by atoms with Crippen LogP contribution in [0.2, 0.25) is 5.02 Å². The number of rotatable bonds is 4. The molecule has 1 aliphatic heterocycles. The fraction of sp³-hybridized carbons (Fsp3) is 0.200. The summed E-state index contributed by atoms with van der Waals surface area (Å²) in [7, 11) is 0. The number of carbonyl (C=O) groups excluding carboxylic acids is 2. The van der Waals surface area contributed by atoms with Gasteiger partial charge in [-0.05, 0) is 18.2 Å². The van der Waals surface area contributed by atoms with E-state index in [0.29, 0.717) is 16.3 Å². The number of cyclic esters (lactones) is 2.